The summed E-state index contributed by atoms with van der Waals surface area (Å²) in [7, 11) is 0. The highest BCUT2D eigenvalue weighted by molar-refractivity contribution is 5.33. The van der Waals surface area contributed by atoms with Gasteiger partial charge in [-0.05, 0) is 12.6 Å². The molecule has 0 aliphatic heterocycles. The van der Waals surface area contributed by atoms with E-state index in [1.54, 1.807) is 0 Å². The lowest BCUT2D eigenvalue weighted by molar-refractivity contribution is 0.179. The maximum Gasteiger partial charge on any atom is 0.123 e. The molecule has 1 aromatic carbocycles. The van der Waals surface area contributed by atoms with Crippen LogP contribution in [0.3, 0.4) is 0 Å². The molecule has 0 saturated carbocycles. The van der Waals surface area contributed by atoms with E-state index in [0.717, 1.165) is 31.9 Å². The average Bonchev–Trinajstić information content (AvgIpc) is 2.46. The van der Waals surface area contributed by atoms with Crippen LogP contribution in [0.1, 0.15) is 12.5 Å². The number of benzene rings is 1. The molecule has 0 heterocycles. The van der Waals surface area contributed by atoms with E-state index >= 15 is 0 Å². The molecule has 0 aliphatic carbocycles. The van der Waals surface area contributed by atoms with Gasteiger partial charge in [-0.25, -0.2) is 0 Å². The second-order valence-electron chi connectivity index (χ2n) is 4.55. The number of hydrogen-bond acceptors (Lipinski definition) is 4. The van der Waals surface area contributed by atoms with Crippen molar-refractivity contribution in [2.24, 2.45) is 0 Å². The molecule has 0 saturated heterocycles. The Bertz CT molecular complexity index is 382. The molecule has 112 valence electrons. The largest absolute Gasteiger partial charge is 0.492 e. The first-order valence-corrected chi connectivity index (χ1v) is 7.17. The van der Waals surface area contributed by atoms with Gasteiger partial charge in [-0.2, -0.15) is 0 Å². The zero-order valence-electron chi connectivity index (χ0n) is 12.3. The third-order valence-electron chi connectivity index (χ3n) is 3.01. The standard InChI is InChI=1S/C16H26N2O2/c1-3-9-18(10-12-19)11-13-20-16-8-6-5-7-15(16)14-17-4-2/h3,5-8,17,19H,1,4,9-14H2,2H3. The molecule has 1 rings (SSSR count). The van der Waals surface area contributed by atoms with Gasteiger partial charge in [0.1, 0.15) is 12.4 Å². The van der Waals surface area contributed by atoms with Crippen LogP contribution in [-0.4, -0.2) is 49.4 Å². The van der Waals surface area contributed by atoms with Crippen LogP contribution in [0.4, 0.5) is 0 Å². The molecule has 2 N–H and O–H groups in total. The van der Waals surface area contributed by atoms with Crippen LogP contribution in [0.15, 0.2) is 36.9 Å². The smallest absolute Gasteiger partial charge is 0.123 e. The van der Waals surface area contributed by atoms with Crippen molar-refractivity contribution in [2.75, 3.05) is 39.4 Å². The highest BCUT2D eigenvalue weighted by atomic mass is 16.5. The summed E-state index contributed by atoms with van der Waals surface area (Å²) in [5.74, 6) is 0.927. The van der Waals surface area contributed by atoms with Crippen molar-refractivity contribution in [1.29, 1.82) is 0 Å². The first kappa shape index (κ1) is 16.7. The number of rotatable bonds is 11. The Kier molecular flexibility index (Phi) is 8.71. The average molecular weight is 278 g/mol. The molecule has 0 radical (unpaired) electrons. The van der Waals surface area contributed by atoms with Crippen molar-refractivity contribution in [1.82, 2.24) is 10.2 Å². The van der Waals surface area contributed by atoms with Crippen molar-refractivity contribution < 1.29 is 9.84 Å². The molecule has 0 unspecified atom stereocenters. The number of para-hydroxylation sites is 1. The van der Waals surface area contributed by atoms with Crippen LogP contribution in [0, 0.1) is 0 Å². The van der Waals surface area contributed by atoms with E-state index in [0.29, 0.717) is 13.2 Å². The summed E-state index contributed by atoms with van der Waals surface area (Å²) in [4.78, 5) is 2.11. The predicted molar refractivity (Wildman–Crippen MR) is 83.0 cm³/mol. The lowest BCUT2D eigenvalue weighted by Crippen LogP contribution is -2.31. The van der Waals surface area contributed by atoms with Gasteiger partial charge in [0.15, 0.2) is 0 Å². The van der Waals surface area contributed by atoms with E-state index < -0.39 is 0 Å². The zero-order valence-corrected chi connectivity index (χ0v) is 12.3. The van der Waals surface area contributed by atoms with Crippen molar-refractivity contribution in [2.45, 2.75) is 13.5 Å². The van der Waals surface area contributed by atoms with E-state index in [2.05, 4.69) is 29.8 Å². The van der Waals surface area contributed by atoms with Crippen LogP contribution in [0.2, 0.25) is 0 Å². The highest BCUT2D eigenvalue weighted by Crippen LogP contribution is 2.17. The van der Waals surface area contributed by atoms with Gasteiger partial charge in [0.05, 0.1) is 6.61 Å². The third-order valence-corrected chi connectivity index (χ3v) is 3.01. The van der Waals surface area contributed by atoms with Crippen LogP contribution < -0.4 is 10.1 Å². The molecular formula is C16H26N2O2. The van der Waals surface area contributed by atoms with Crippen molar-refractivity contribution >= 4 is 0 Å². The lowest BCUT2D eigenvalue weighted by Gasteiger charge is -2.20. The number of nitrogens with one attached hydrogen (secondary N) is 1. The molecule has 0 fully saturated rings. The minimum absolute atomic E-state index is 0.158. The Morgan fingerprint density at radius 2 is 2.15 bits per heavy atom. The number of aliphatic hydroxyl groups excluding tert-OH is 1. The fourth-order valence-corrected chi connectivity index (χ4v) is 1.95. The molecule has 0 amide bonds. The lowest BCUT2D eigenvalue weighted by atomic mass is 10.2. The fraction of sp³-hybridized carbons (Fsp3) is 0.500. The Morgan fingerprint density at radius 1 is 1.35 bits per heavy atom. The Labute approximate surface area is 122 Å². The molecule has 0 atom stereocenters. The highest BCUT2D eigenvalue weighted by Gasteiger charge is 2.05. The van der Waals surface area contributed by atoms with E-state index in [1.807, 2.05) is 24.3 Å². The van der Waals surface area contributed by atoms with E-state index in [4.69, 9.17) is 9.84 Å². The minimum atomic E-state index is 0.158. The summed E-state index contributed by atoms with van der Waals surface area (Å²) in [5.41, 5.74) is 1.17. The van der Waals surface area contributed by atoms with Gasteiger partial charge in [0, 0.05) is 31.7 Å². The summed E-state index contributed by atoms with van der Waals surface area (Å²) in [6, 6.07) is 8.08. The molecule has 20 heavy (non-hydrogen) atoms. The van der Waals surface area contributed by atoms with Crippen molar-refractivity contribution in [3.63, 3.8) is 0 Å². The normalized spacial score (nSPS) is 10.8. The Balaban J connectivity index is 2.45. The van der Waals surface area contributed by atoms with E-state index in [-0.39, 0.29) is 6.61 Å². The molecular weight excluding hydrogens is 252 g/mol. The molecule has 0 bridgehead atoms. The molecule has 1 aromatic rings. The number of ether oxygens (including phenoxy) is 1. The van der Waals surface area contributed by atoms with Gasteiger partial charge in [-0.1, -0.05) is 31.2 Å². The first-order chi connectivity index (χ1) is 9.81. The molecule has 0 aromatic heterocycles. The van der Waals surface area contributed by atoms with Crippen LogP contribution in [0.25, 0.3) is 0 Å². The quantitative estimate of drug-likeness (QED) is 0.604. The topological polar surface area (TPSA) is 44.7 Å². The molecule has 0 spiro atoms. The fourth-order valence-electron chi connectivity index (χ4n) is 1.95. The number of nitrogens with zero attached hydrogens (tertiary/aromatic N) is 1. The maximum atomic E-state index is 9.00. The number of hydrogen-bond donors (Lipinski definition) is 2. The first-order valence-electron chi connectivity index (χ1n) is 7.17. The van der Waals surface area contributed by atoms with Gasteiger partial charge < -0.3 is 15.2 Å². The van der Waals surface area contributed by atoms with Gasteiger partial charge >= 0.3 is 0 Å². The summed E-state index contributed by atoms with van der Waals surface area (Å²) >= 11 is 0. The molecule has 4 heteroatoms. The van der Waals surface area contributed by atoms with Gasteiger partial charge in [-0.15, -0.1) is 6.58 Å². The van der Waals surface area contributed by atoms with E-state index in [9.17, 15) is 0 Å². The summed E-state index contributed by atoms with van der Waals surface area (Å²) in [6.07, 6.45) is 1.84. The van der Waals surface area contributed by atoms with Crippen molar-refractivity contribution in [3.8, 4) is 5.75 Å². The number of aliphatic hydroxyl groups is 1. The molecule has 0 aliphatic rings. The van der Waals surface area contributed by atoms with Gasteiger partial charge in [-0.3, -0.25) is 4.90 Å². The Morgan fingerprint density at radius 3 is 2.85 bits per heavy atom. The van der Waals surface area contributed by atoms with Crippen LogP contribution in [-0.2, 0) is 6.54 Å². The second kappa shape index (κ2) is 10.4. The summed E-state index contributed by atoms with van der Waals surface area (Å²) in [6.45, 7) is 10.5. The zero-order chi connectivity index (χ0) is 14.6. The third kappa shape index (κ3) is 6.19. The van der Waals surface area contributed by atoms with Crippen LogP contribution in [0.5, 0.6) is 5.75 Å². The monoisotopic (exact) mass is 278 g/mol. The SMILES string of the molecule is C=CCN(CCO)CCOc1ccccc1CNCC. The maximum absolute atomic E-state index is 9.00. The summed E-state index contributed by atoms with van der Waals surface area (Å²) in [5, 5.41) is 12.3. The predicted octanol–water partition coefficient (Wildman–Crippen LogP) is 1.66. The summed E-state index contributed by atoms with van der Waals surface area (Å²) < 4.78 is 5.86. The molecule has 4 nitrogen and oxygen atoms in total. The Hall–Kier alpha value is -1.36. The van der Waals surface area contributed by atoms with Gasteiger partial charge in [0.2, 0.25) is 0 Å². The minimum Gasteiger partial charge on any atom is -0.492 e. The van der Waals surface area contributed by atoms with Crippen LogP contribution >= 0.6 is 0 Å². The second-order valence-corrected chi connectivity index (χ2v) is 4.55. The van der Waals surface area contributed by atoms with Crippen molar-refractivity contribution in [3.05, 3.63) is 42.5 Å². The van der Waals surface area contributed by atoms with E-state index in [1.165, 1.54) is 5.56 Å². The van der Waals surface area contributed by atoms with Gasteiger partial charge in [0.25, 0.3) is 0 Å².